The summed E-state index contributed by atoms with van der Waals surface area (Å²) in [6, 6.07) is 0. The fourth-order valence-corrected chi connectivity index (χ4v) is 3.03. The third-order valence-electron chi connectivity index (χ3n) is 2.43. The lowest BCUT2D eigenvalue weighted by atomic mass is 10.2. The van der Waals surface area contributed by atoms with Crippen molar-refractivity contribution in [2.45, 2.75) is 19.3 Å². The highest BCUT2D eigenvalue weighted by Gasteiger charge is 2.28. The Morgan fingerprint density at radius 1 is 1.40 bits per heavy atom. The van der Waals surface area contributed by atoms with Crippen LogP contribution >= 0.6 is 0 Å². The molecule has 0 aromatic carbocycles. The van der Waals surface area contributed by atoms with Crippen LogP contribution in [0.4, 0.5) is 0 Å². The van der Waals surface area contributed by atoms with Crippen LogP contribution in [0.3, 0.4) is 0 Å². The first kappa shape index (κ1) is 12.4. The lowest BCUT2D eigenvalue weighted by molar-refractivity contribution is 0.321. The van der Waals surface area contributed by atoms with Gasteiger partial charge in [-0.3, -0.25) is 5.41 Å². The summed E-state index contributed by atoms with van der Waals surface area (Å²) in [5, 5.41) is 7.07. The van der Waals surface area contributed by atoms with Gasteiger partial charge < -0.3 is 5.73 Å². The van der Waals surface area contributed by atoms with E-state index in [-0.39, 0.29) is 12.4 Å². The van der Waals surface area contributed by atoms with Gasteiger partial charge in [0.05, 0.1) is 6.54 Å². The van der Waals surface area contributed by atoms with Gasteiger partial charge in [-0.05, 0) is 12.8 Å². The maximum absolute atomic E-state index is 11.9. The molecular weight excluding hydrogens is 216 g/mol. The Morgan fingerprint density at radius 2 is 1.93 bits per heavy atom. The first-order chi connectivity index (χ1) is 6.94. The molecule has 0 amide bonds. The molecule has 1 saturated heterocycles. The summed E-state index contributed by atoms with van der Waals surface area (Å²) in [5.41, 5.74) is 5.18. The molecule has 0 spiro atoms. The number of amidine groups is 1. The molecular formula is C8H18N4O2S. The van der Waals surface area contributed by atoms with Crippen molar-refractivity contribution in [3.8, 4) is 0 Å². The number of hydrogen-bond acceptors (Lipinski definition) is 3. The van der Waals surface area contributed by atoms with E-state index < -0.39 is 10.2 Å². The van der Waals surface area contributed by atoms with Crippen LogP contribution in [0.2, 0.25) is 0 Å². The van der Waals surface area contributed by atoms with Crippen molar-refractivity contribution in [2.75, 3.05) is 26.7 Å². The van der Waals surface area contributed by atoms with Crippen LogP contribution in [0.1, 0.15) is 19.3 Å². The molecule has 1 rings (SSSR count). The molecule has 1 aliphatic rings. The Bertz CT molecular complexity index is 322. The van der Waals surface area contributed by atoms with Crippen molar-refractivity contribution < 1.29 is 8.42 Å². The normalized spacial score (nSPS) is 19.3. The van der Waals surface area contributed by atoms with E-state index in [1.165, 1.54) is 11.4 Å². The molecule has 0 unspecified atom stereocenters. The molecule has 0 aromatic rings. The van der Waals surface area contributed by atoms with Gasteiger partial charge in [-0.2, -0.15) is 17.0 Å². The highest BCUT2D eigenvalue weighted by Crippen LogP contribution is 2.14. The van der Waals surface area contributed by atoms with Gasteiger partial charge >= 0.3 is 0 Å². The van der Waals surface area contributed by atoms with Crippen molar-refractivity contribution in [3.63, 3.8) is 0 Å². The molecule has 0 aromatic heterocycles. The number of nitrogens with two attached hydrogens (primary N) is 1. The summed E-state index contributed by atoms with van der Waals surface area (Å²) >= 11 is 0. The van der Waals surface area contributed by atoms with Crippen LogP contribution in [0.25, 0.3) is 0 Å². The van der Waals surface area contributed by atoms with Crippen LogP contribution in [-0.2, 0) is 10.2 Å². The summed E-state index contributed by atoms with van der Waals surface area (Å²) in [7, 11) is -1.96. The minimum atomic E-state index is -3.41. The number of nitrogens with zero attached hydrogens (tertiary/aromatic N) is 2. The van der Waals surface area contributed by atoms with Crippen LogP contribution in [0.15, 0.2) is 0 Å². The summed E-state index contributed by atoms with van der Waals surface area (Å²) in [5.74, 6) is -0.141. The van der Waals surface area contributed by atoms with E-state index in [0.717, 1.165) is 23.6 Å². The van der Waals surface area contributed by atoms with Gasteiger partial charge in [0.2, 0.25) is 0 Å². The molecule has 1 aliphatic heterocycles. The molecule has 3 N–H and O–H groups in total. The van der Waals surface area contributed by atoms with E-state index in [4.69, 9.17) is 11.1 Å². The second-order valence-corrected chi connectivity index (χ2v) is 5.78. The number of hydrogen-bond donors (Lipinski definition) is 2. The van der Waals surface area contributed by atoms with E-state index in [1.54, 1.807) is 0 Å². The lowest BCUT2D eigenvalue weighted by Gasteiger charge is -2.29. The SMILES string of the molecule is CN(CC(=N)N)S(=O)(=O)N1CCCCC1. The third kappa shape index (κ3) is 3.15. The maximum atomic E-state index is 11.9. The number of nitrogens with one attached hydrogen (secondary N) is 1. The number of piperidine rings is 1. The molecule has 15 heavy (non-hydrogen) atoms. The van der Waals surface area contributed by atoms with Gasteiger partial charge in [0, 0.05) is 20.1 Å². The van der Waals surface area contributed by atoms with Gasteiger partial charge in [0.15, 0.2) is 0 Å². The molecule has 0 atom stereocenters. The third-order valence-corrected chi connectivity index (χ3v) is 4.36. The van der Waals surface area contributed by atoms with E-state index in [2.05, 4.69) is 0 Å². The predicted molar refractivity (Wildman–Crippen MR) is 58.9 cm³/mol. The summed E-state index contributed by atoms with van der Waals surface area (Å²) in [6.45, 7) is 1.11. The maximum Gasteiger partial charge on any atom is 0.282 e. The Hall–Kier alpha value is -0.660. The Balaban J connectivity index is 2.67. The highest BCUT2D eigenvalue weighted by molar-refractivity contribution is 7.86. The van der Waals surface area contributed by atoms with Crippen molar-refractivity contribution in [2.24, 2.45) is 5.73 Å². The zero-order valence-corrected chi connectivity index (χ0v) is 9.76. The molecule has 0 aliphatic carbocycles. The van der Waals surface area contributed by atoms with Crippen LogP contribution in [-0.4, -0.2) is 49.5 Å². The second kappa shape index (κ2) is 4.91. The predicted octanol–water partition coefficient (Wildman–Crippen LogP) is -0.415. The van der Waals surface area contributed by atoms with Gasteiger partial charge in [-0.15, -0.1) is 0 Å². The summed E-state index contributed by atoms with van der Waals surface area (Å²) in [6.07, 6.45) is 2.91. The molecule has 1 heterocycles. The topological polar surface area (TPSA) is 90.5 Å². The van der Waals surface area contributed by atoms with E-state index in [9.17, 15) is 8.42 Å². The van der Waals surface area contributed by atoms with Crippen molar-refractivity contribution in [1.82, 2.24) is 8.61 Å². The summed E-state index contributed by atoms with van der Waals surface area (Å²) in [4.78, 5) is 0. The highest BCUT2D eigenvalue weighted by atomic mass is 32.2. The second-order valence-electron chi connectivity index (χ2n) is 3.75. The molecule has 88 valence electrons. The van der Waals surface area contributed by atoms with Gasteiger partial charge in [-0.1, -0.05) is 6.42 Å². The average Bonchev–Trinajstić information content (AvgIpc) is 2.18. The largest absolute Gasteiger partial charge is 0.387 e. The van der Waals surface area contributed by atoms with Crippen LogP contribution in [0, 0.1) is 5.41 Å². The van der Waals surface area contributed by atoms with Crippen LogP contribution < -0.4 is 5.73 Å². The van der Waals surface area contributed by atoms with Crippen molar-refractivity contribution in [3.05, 3.63) is 0 Å². The molecule has 0 saturated carbocycles. The minimum absolute atomic E-state index is 0.0428. The smallest absolute Gasteiger partial charge is 0.282 e. The standard InChI is InChI=1S/C8H18N4O2S/c1-11(7-8(9)10)15(13,14)12-5-3-2-4-6-12/h2-7H2,1H3,(H3,9,10). The molecule has 1 fully saturated rings. The quantitative estimate of drug-likeness (QED) is 0.511. The van der Waals surface area contributed by atoms with Gasteiger partial charge in [0.1, 0.15) is 5.84 Å². The van der Waals surface area contributed by atoms with Gasteiger partial charge in [-0.25, -0.2) is 0 Å². The molecule has 0 radical (unpaired) electrons. The monoisotopic (exact) mass is 234 g/mol. The Labute approximate surface area is 90.7 Å². The van der Waals surface area contributed by atoms with Crippen molar-refractivity contribution >= 4 is 16.0 Å². The number of likely N-dealkylation sites (N-methyl/N-ethyl adjacent to an activating group) is 1. The van der Waals surface area contributed by atoms with E-state index >= 15 is 0 Å². The first-order valence-electron chi connectivity index (χ1n) is 4.99. The average molecular weight is 234 g/mol. The number of rotatable bonds is 4. The fraction of sp³-hybridized carbons (Fsp3) is 0.875. The summed E-state index contributed by atoms with van der Waals surface area (Å²) < 4.78 is 26.4. The van der Waals surface area contributed by atoms with E-state index in [1.807, 2.05) is 0 Å². The zero-order chi connectivity index (χ0) is 11.5. The Kier molecular flexibility index (Phi) is 4.06. The van der Waals surface area contributed by atoms with Crippen LogP contribution in [0.5, 0.6) is 0 Å². The fourth-order valence-electron chi connectivity index (χ4n) is 1.61. The first-order valence-corrected chi connectivity index (χ1v) is 6.38. The van der Waals surface area contributed by atoms with Gasteiger partial charge in [0.25, 0.3) is 10.2 Å². The van der Waals surface area contributed by atoms with Crippen molar-refractivity contribution in [1.29, 1.82) is 5.41 Å². The minimum Gasteiger partial charge on any atom is -0.387 e. The van der Waals surface area contributed by atoms with E-state index in [0.29, 0.717) is 13.1 Å². The lowest BCUT2D eigenvalue weighted by Crippen LogP contribution is -2.46. The Morgan fingerprint density at radius 3 is 2.40 bits per heavy atom. The molecule has 7 heteroatoms. The molecule has 6 nitrogen and oxygen atoms in total. The molecule has 0 bridgehead atoms. The zero-order valence-electron chi connectivity index (χ0n) is 8.94.